The molecule has 0 radical (unpaired) electrons. The lowest BCUT2D eigenvalue weighted by Gasteiger charge is -2.01. The summed E-state index contributed by atoms with van der Waals surface area (Å²) in [6.07, 6.45) is 9.40. The number of allylic oxidation sites excluding steroid dienone is 6. The molecule has 0 bridgehead atoms. The van der Waals surface area contributed by atoms with E-state index in [0.29, 0.717) is 12.1 Å². The summed E-state index contributed by atoms with van der Waals surface area (Å²) in [7, 11) is 1.38. The zero-order valence-electron chi connectivity index (χ0n) is 12.8. The average molecular weight is 320 g/mol. The highest BCUT2D eigenvalue weighted by atomic mass is 16.2. The molecule has 0 atom stereocenters. The largest absolute Gasteiger partial charge is 0.277 e. The number of hydrogen-bond acceptors (Lipinski definition) is 4. The molecule has 0 unspecified atom stereocenters. The molecule has 3 aromatic rings. The molecular formula is C18H12N2O4. The van der Waals surface area contributed by atoms with Crippen molar-refractivity contribution in [1.82, 2.24) is 9.13 Å². The van der Waals surface area contributed by atoms with Crippen LogP contribution < -0.4 is 22.2 Å². The summed E-state index contributed by atoms with van der Waals surface area (Å²) < 4.78 is 2.09. The molecule has 0 spiro atoms. The first-order valence-corrected chi connectivity index (χ1v) is 7.42. The van der Waals surface area contributed by atoms with Gasteiger partial charge in [-0.05, 0) is 18.2 Å². The van der Waals surface area contributed by atoms with Crippen LogP contribution in [0.25, 0.3) is 27.2 Å². The highest BCUT2D eigenvalue weighted by Crippen LogP contribution is 2.17. The lowest BCUT2D eigenvalue weighted by atomic mass is 10.1. The molecule has 118 valence electrons. The van der Waals surface area contributed by atoms with Gasteiger partial charge in [-0.15, -0.1) is 0 Å². The lowest BCUT2D eigenvalue weighted by Crippen LogP contribution is -2.24. The molecular weight excluding hydrogens is 308 g/mol. The van der Waals surface area contributed by atoms with Gasteiger partial charge < -0.3 is 0 Å². The summed E-state index contributed by atoms with van der Waals surface area (Å²) in [5.41, 5.74) is -1.31. The Kier molecular flexibility index (Phi) is 2.90. The number of aromatic nitrogens is 2. The van der Waals surface area contributed by atoms with Crippen LogP contribution in [0.2, 0.25) is 0 Å². The standard InChI is InChI=1S/C18H12N2O4/c1-19-15(21)11-8-13-14(9-12(11)16(19)22)18(24)20(17(13)23)10-6-4-2-3-5-7-10/h2-6,8-9H,7H2,1H3. The summed E-state index contributed by atoms with van der Waals surface area (Å²) in [6, 6.07) is 2.72. The van der Waals surface area contributed by atoms with Gasteiger partial charge in [-0.1, -0.05) is 24.3 Å². The van der Waals surface area contributed by atoms with Crippen molar-refractivity contribution in [2.24, 2.45) is 7.05 Å². The molecule has 2 heterocycles. The number of fused-ring (bicyclic) bond motifs is 2. The van der Waals surface area contributed by atoms with Gasteiger partial charge >= 0.3 is 0 Å². The number of nitrogens with zero attached hydrogens (tertiary/aromatic N) is 2. The zero-order valence-corrected chi connectivity index (χ0v) is 12.8. The Morgan fingerprint density at radius 3 is 1.88 bits per heavy atom. The van der Waals surface area contributed by atoms with Gasteiger partial charge in [0, 0.05) is 19.2 Å². The monoisotopic (exact) mass is 320 g/mol. The van der Waals surface area contributed by atoms with Gasteiger partial charge in [0.25, 0.3) is 22.2 Å². The summed E-state index contributed by atoms with van der Waals surface area (Å²) >= 11 is 0. The molecule has 6 heteroatoms. The van der Waals surface area contributed by atoms with Crippen LogP contribution >= 0.6 is 0 Å². The minimum atomic E-state index is -0.470. The third-order valence-corrected chi connectivity index (χ3v) is 4.36. The van der Waals surface area contributed by atoms with Crippen molar-refractivity contribution in [3.63, 3.8) is 0 Å². The van der Waals surface area contributed by atoms with Crippen LogP contribution in [0.3, 0.4) is 0 Å². The van der Waals surface area contributed by atoms with Crippen molar-refractivity contribution < 1.29 is 0 Å². The van der Waals surface area contributed by atoms with E-state index in [0.717, 1.165) is 9.13 Å². The minimum Gasteiger partial charge on any atom is -0.277 e. The molecule has 0 aliphatic heterocycles. The first-order valence-electron chi connectivity index (χ1n) is 7.42. The minimum absolute atomic E-state index is 0.160. The van der Waals surface area contributed by atoms with E-state index in [-0.39, 0.29) is 21.5 Å². The Balaban J connectivity index is 2.15. The Labute approximate surface area is 134 Å². The van der Waals surface area contributed by atoms with E-state index in [4.69, 9.17) is 0 Å². The SMILES string of the molecule is Cn1c(=O)c2cc3c(=O)n(C4=CC=CC=CC4)c(=O)c3cc2c1=O. The molecule has 0 N–H and O–H groups in total. The van der Waals surface area contributed by atoms with Crippen LogP contribution in [0.5, 0.6) is 0 Å². The van der Waals surface area contributed by atoms with Crippen molar-refractivity contribution in [2.75, 3.05) is 0 Å². The van der Waals surface area contributed by atoms with Crippen molar-refractivity contribution in [3.8, 4) is 0 Å². The summed E-state index contributed by atoms with van der Waals surface area (Å²) in [5.74, 6) is 0. The fourth-order valence-electron chi connectivity index (χ4n) is 3.09. The zero-order chi connectivity index (χ0) is 17.0. The molecule has 24 heavy (non-hydrogen) atoms. The van der Waals surface area contributed by atoms with E-state index in [1.165, 1.54) is 19.2 Å². The topological polar surface area (TPSA) is 78.1 Å². The molecule has 6 nitrogen and oxygen atoms in total. The summed E-state index contributed by atoms with van der Waals surface area (Å²) in [5, 5.41) is 0.652. The molecule has 4 rings (SSSR count). The number of benzene rings is 1. The van der Waals surface area contributed by atoms with Gasteiger partial charge in [-0.3, -0.25) is 23.7 Å². The normalized spacial score (nSPS) is 14.5. The van der Waals surface area contributed by atoms with Crippen LogP contribution in [0.15, 0.2) is 61.7 Å². The van der Waals surface area contributed by atoms with E-state index in [9.17, 15) is 19.2 Å². The second-order valence-corrected chi connectivity index (χ2v) is 5.73. The smallest absolute Gasteiger partial charge is 0.265 e. The van der Waals surface area contributed by atoms with Crippen LogP contribution in [-0.4, -0.2) is 9.13 Å². The summed E-state index contributed by atoms with van der Waals surface area (Å²) in [4.78, 5) is 49.6. The average Bonchev–Trinajstić information content (AvgIpc) is 2.85. The maximum Gasteiger partial charge on any atom is 0.265 e. The van der Waals surface area contributed by atoms with Crippen molar-refractivity contribution in [3.05, 3.63) is 83.9 Å². The van der Waals surface area contributed by atoms with Gasteiger partial charge in [-0.25, -0.2) is 4.57 Å². The van der Waals surface area contributed by atoms with Crippen molar-refractivity contribution in [2.45, 2.75) is 6.42 Å². The van der Waals surface area contributed by atoms with E-state index in [1.54, 1.807) is 12.2 Å². The van der Waals surface area contributed by atoms with Gasteiger partial charge in [-0.2, -0.15) is 0 Å². The second-order valence-electron chi connectivity index (χ2n) is 5.73. The first kappa shape index (κ1) is 14.3. The maximum absolute atomic E-state index is 12.7. The van der Waals surface area contributed by atoms with E-state index >= 15 is 0 Å². The van der Waals surface area contributed by atoms with Crippen LogP contribution in [0.4, 0.5) is 0 Å². The molecule has 0 amide bonds. The fraction of sp³-hybridized carbons (Fsp3) is 0.111. The van der Waals surface area contributed by atoms with Gasteiger partial charge in [0.05, 0.1) is 21.5 Å². The number of hydrogen-bond donors (Lipinski definition) is 0. The van der Waals surface area contributed by atoms with E-state index < -0.39 is 22.2 Å². The molecule has 1 aliphatic rings. The molecule has 0 fully saturated rings. The Hall–Kier alpha value is -3.28. The van der Waals surface area contributed by atoms with E-state index in [2.05, 4.69) is 0 Å². The van der Waals surface area contributed by atoms with Crippen LogP contribution in [0, 0.1) is 0 Å². The van der Waals surface area contributed by atoms with Gasteiger partial charge in [0.2, 0.25) is 0 Å². The van der Waals surface area contributed by atoms with Crippen LogP contribution in [-0.2, 0) is 7.05 Å². The van der Waals surface area contributed by atoms with Gasteiger partial charge in [0.1, 0.15) is 0 Å². The third-order valence-electron chi connectivity index (χ3n) is 4.36. The fourth-order valence-corrected chi connectivity index (χ4v) is 3.09. The Morgan fingerprint density at radius 1 is 0.750 bits per heavy atom. The molecule has 1 aliphatic carbocycles. The predicted molar refractivity (Wildman–Crippen MR) is 93.0 cm³/mol. The highest BCUT2D eigenvalue weighted by molar-refractivity contribution is 5.98. The second kappa shape index (κ2) is 4.86. The molecule has 1 aromatic carbocycles. The van der Waals surface area contributed by atoms with Gasteiger partial charge in [0.15, 0.2) is 0 Å². The quantitative estimate of drug-likeness (QED) is 0.664. The van der Waals surface area contributed by atoms with Crippen molar-refractivity contribution in [1.29, 1.82) is 0 Å². The predicted octanol–water partition coefficient (Wildman–Crippen LogP) is 0.806. The number of rotatable bonds is 1. The third kappa shape index (κ3) is 1.76. The molecule has 0 saturated carbocycles. The Morgan fingerprint density at radius 2 is 1.29 bits per heavy atom. The molecule has 0 saturated heterocycles. The lowest BCUT2D eigenvalue weighted by molar-refractivity contribution is 0.856. The van der Waals surface area contributed by atoms with E-state index in [1.807, 2.05) is 18.2 Å². The highest BCUT2D eigenvalue weighted by Gasteiger charge is 2.19. The van der Waals surface area contributed by atoms with Crippen molar-refractivity contribution >= 4 is 27.2 Å². The van der Waals surface area contributed by atoms with Crippen LogP contribution in [0.1, 0.15) is 6.42 Å². The first-order chi connectivity index (χ1) is 11.5. The molecule has 2 aromatic heterocycles. The Bertz CT molecular complexity index is 1230. The maximum atomic E-state index is 12.7. The summed E-state index contributed by atoms with van der Waals surface area (Å²) in [6.45, 7) is 0.